The van der Waals surface area contributed by atoms with E-state index in [4.69, 9.17) is 23.2 Å². The van der Waals surface area contributed by atoms with Crippen molar-refractivity contribution in [3.63, 3.8) is 0 Å². The van der Waals surface area contributed by atoms with Gasteiger partial charge in [-0.2, -0.15) is 0 Å². The predicted octanol–water partition coefficient (Wildman–Crippen LogP) is 4.70. The van der Waals surface area contributed by atoms with E-state index in [1.165, 1.54) is 36.7 Å². The number of likely N-dealkylation sites (tertiary alicyclic amines) is 1. The molecule has 9 heteroatoms. The maximum absolute atomic E-state index is 12.3. The smallest absolute Gasteiger partial charge is 0.270 e. The molecule has 1 fully saturated rings. The molecule has 6 nitrogen and oxygen atoms in total. The number of rotatable bonds is 7. The zero-order chi connectivity index (χ0) is 20.8. The monoisotopic (exact) mass is 454 g/mol. The second kappa shape index (κ2) is 10.4. The highest BCUT2D eigenvalue weighted by Gasteiger charge is 2.18. The average Bonchev–Trinajstić information content (AvgIpc) is 3.14. The van der Waals surface area contributed by atoms with Crippen molar-refractivity contribution in [2.24, 2.45) is 0 Å². The van der Waals surface area contributed by atoms with Gasteiger partial charge >= 0.3 is 0 Å². The van der Waals surface area contributed by atoms with Crippen molar-refractivity contribution in [2.45, 2.75) is 38.6 Å². The molecule has 0 saturated carbocycles. The highest BCUT2D eigenvalue weighted by Crippen LogP contribution is 2.23. The molecule has 0 unspecified atom stereocenters. The molecule has 2 N–H and O–H groups in total. The molecule has 1 atom stereocenters. The van der Waals surface area contributed by atoms with Crippen LogP contribution in [0.25, 0.3) is 0 Å². The van der Waals surface area contributed by atoms with Gasteiger partial charge in [-0.3, -0.25) is 14.9 Å². The minimum absolute atomic E-state index is 0.238. The Morgan fingerprint density at radius 1 is 1.28 bits per heavy atom. The highest BCUT2D eigenvalue weighted by atomic mass is 35.5. The zero-order valence-corrected chi connectivity index (χ0v) is 18.5. The predicted molar refractivity (Wildman–Crippen MR) is 118 cm³/mol. The summed E-state index contributed by atoms with van der Waals surface area (Å²) in [4.78, 5) is 31.3. The van der Waals surface area contributed by atoms with E-state index in [1.807, 2.05) is 0 Å². The van der Waals surface area contributed by atoms with Crippen molar-refractivity contribution in [1.82, 2.24) is 15.2 Å². The van der Waals surface area contributed by atoms with Gasteiger partial charge in [0.1, 0.15) is 5.69 Å². The number of hydrogen-bond acceptors (Lipinski definition) is 5. The Morgan fingerprint density at radius 2 is 2.10 bits per heavy atom. The van der Waals surface area contributed by atoms with Crippen LogP contribution in [0.15, 0.2) is 23.6 Å². The zero-order valence-electron chi connectivity index (χ0n) is 16.2. The van der Waals surface area contributed by atoms with Gasteiger partial charge in [0.25, 0.3) is 11.8 Å². The fourth-order valence-corrected chi connectivity index (χ4v) is 4.52. The van der Waals surface area contributed by atoms with Gasteiger partial charge in [-0.05, 0) is 50.9 Å². The lowest BCUT2D eigenvalue weighted by Crippen LogP contribution is -2.39. The molecule has 2 heterocycles. The van der Waals surface area contributed by atoms with Crippen molar-refractivity contribution < 1.29 is 9.59 Å². The first-order valence-electron chi connectivity index (χ1n) is 9.68. The molecule has 1 aliphatic rings. The summed E-state index contributed by atoms with van der Waals surface area (Å²) < 4.78 is 0. The fraction of sp³-hybridized carbons (Fsp3) is 0.450. The Morgan fingerprint density at radius 3 is 2.86 bits per heavy atom. The first kappa shape index (κ1) is 22.0. The molecule has 0 aliphatic carbocycles. The molecule has 3 rings (SSSR count). The molecule has 0 radical (unpaired) electrons. The van der Waals surface area contributed by atoms with Crippen LogP contribution in [0.5, 0.6) is 0 Å². The van der Waals surface area contributed by atoms with E-state index in [0.29, 0.717) is 34.0 Å². The number of nitrogens with zero attached hydrogens (tertiary/aromatic N) is 2. The van der Waals surface area contributed by atoms with Crippen LogP contribution in [-0.4, -0.2) is 47.4 Å². The normalized spacial score (nSPS) is 17.1. The van der Waals surface area contributed by atoms with E-state index >= 15 is 0 Å². The molecule has 2 aromatic rings. The van der Waals surface area contributed by atoms with Gasteiger partial charge < -0.3 is 10.2 Å². The molecule has 1 aromatic heterocycles. The Balaban J connectivity index is 1.46. The molecule has 2 amide bonds. The molecule has 1 aliphatic heterocycles. The summed E-state index contributed by atoms with van der Waals surface area (Å²) in [6.45, 7) is 4.99. The fourth-order valence-electron chi connectivity index (χ4n) is 3.34. The number of carbonyl (C=O) groups is 2. The van der Waals surface area contributed by atoms with E-state index in [9.17, 15) is 9.59 Å². The summed E-state index contributed by atoms with van der Waals surface area (Å²) >= 11 is 13.1. The molecular weight excluding hydrogens is 431 g/mol. The summed E-state index contributed by atoms with van der Waals surface area (Å²) in [5.41, 5.74) is 0.586. The Labute approximate surface area is 184 Å². The third kappa shape index (κ3) is 6.15. The third-order valence-electron chi connectivity index (χ3n) is 4.98. The summed E-state index contributed by atoms with van der Waals surface area (Å²) in [6, 6.07) is 5.26. The molecule has 156 valence electrons. The minimum Gasteiger partial charge on any atom is -0.351 e. The number of nitrogens with one attached hydrogen (secondary N) is 2. The summed E-state index contributed by atoms with van der Waals surface area (Å²) in [7, 11) is 0. The molecule has 0 bridgehead atoms. The quantitative estimate of drug-likeness (QED) is 0.594. The van der Waals surface area contributed by atoms with Crippen molar-refractivity contribution >= 4 is 51.5 Å². The van der Waals surface area contributed by atoms with Gasteiger partial charge in [0.05, 0.1) is 10.6 Å². The van der Waals surface area contributed by atoms with Crippen LogP contribution in [0.2, 0.25) is 10.0 Å². The minimum atomic E-state index is -0.399. The SMILES string of the molecule is C[C@H]1CCCCN1CCCNC(=O)c1csc(NC(=O)c2ccc(Cl)cc2Cl)n1. The standard InChI is InChI=1S/C20H24Cl2N4O2S/c1-13-5-2-3-9-26(13)10-4-8-23-19(28)17-12-29-20(24-17)25-18(27)15-7-6-14(21)11-16(15)22/h6-7,11-13H,2-5,8-10H2,1H3,(H,23,28)(H,24,25,27)/t13-/m0/s1. The van der Waals surface area contributed by atoms with Crippen LogP contribution in [0, 0.1) is 0 Å². The lowest BCUT2D eigenvalue weighted by Gasteiger charge is -2.33. The van der Waals surface area contributed by atoms with Gasteiger partial charge in [0.15, 0.2) is 5.13 Å². The topological polar surface area (TPSA) is 74.3 Å². The number of thiazole rings is 1. The van der Waals surface area contributed by atoms with E-state index in [1.54, 1.807) is 17.5 Å². The first-order chi connectivity index (χ1) is 13.9. The highest BCUT2D eigenvalue weighted by molar-refractivity contribution is 7.14. The van der Waals surface area contributed by atoms with Crippen LogP contribution in [-0.2, 0) is 0 Å². The van der Waals surface area contributed by atoms with Crippen LogP contribution >= 0.6 is 34.5 Å². The van der Waals surface area contributed by atoms with Gasteiger partial charge in [-0.25, -0.2) is 4.98 Å². The van der Waals surface area contributed by atoms with E-state index in [0.717, 1.165) is 19.5 Å². The Hall–Kier alpha value is -1.67. The van der Waals surface area contributed by atoms with E-state index in [-0.39, 0.29) is 10.9 Å². The average molecular weight is 455 g/mol. The van der Waals surface area contributed by atoms with E-state index < -0.39 is 5.91 Å². The molecule has 1 aromatic carbocycles. The van der Waals surface area contributed by atoms with Crippen LogP contribution in [0.1, 0.15) is 53.5 Å². The first-order valence-corrected chi connectivity index (χ1v) is 11.3. The molecular formula is C20H24Cl2N4O2S. The lowest BCUT2D eigenvalue weighted by atomic mass is 10.0. The number of hydrogen-bond donors (Lipinski definition) is 2. The van der Waals surface area contributed by atoms with Crippen molar-refractivity contribution in [1.29, 1.82) is 0 Å². The summed E-state index contributed by atoms with van der Waals surface area (Å²) in [5, 5.41) is 8.24. The van der Waals surface area contributed by atoms with Gasteiger partial charge in [0.2, 0.25) is 0 Å². The summed E-state index contributed by atoms with van der Waals surface area (Å²) in [5.74, 6) is -0.637. The number of amides is 2. The van der Waals surface area contributed by atoms with Crippen molar-refractivity contribution in [2.75, 3.05) is 25.0 Å². The second-order valence-electron chi connectivity index (χ2n) is 7.11. The van der Waals surface area contributed by atoms with Gasteiger partial charge in [-0.1, -0.05) is 29.6 Å². The van der Waals surface area contributed by atoms with Crippen LogP contribution in [0.4, 0.5) is 5.13 Å². The Bertz CT molecular complexity index is 874. The molecule has 1 saturated heterocycles. The third-order valence-corrected chi connectivity index (χ3v) is 6.29. The molecule has 29 heavy (non-hydrogen) atoms. The number of carbonyl (C=O) groups excluding carboxylic acids is 2. The van der Waals surface area contributed by atoms with E-state index in [2.05, 4.69) is 27.4 Å². The largest absolute Gasteiger partial charge is 0.351 e. The number of benzene rings is 1. The summed E-state index contributed by atoms with van der Waals surface area (Å²) in [6.07, 6.45) is 4.71. The van der Waals surface area contributed by atoms with Crippen molar-refractivity contribution in [3.8, 4) is 0 Å². The Kier molecular flexibility index (Phi) is 7.89. The van der Waals surface area contributed by atoms with Gasteiger partial charge in [-0.15, -0.1) is 11.3 Å². The van der Waals surface area contributed by atoms with Crippen LogP contribution in [0.3, 0.4) is 0 Å². The van der Waals surface area contributed by atoms with Crippen molar-refractivity contribution in [3.05, 3.63) is 44.9 Å². The molecule has 0 spiro atoms. The maximum atomic E-state index is 12.3. The lowest BCUT2D eigenvalue weighted by molar-refractivity contribution is 0.0943. The van der Waals surface area contributed by atoms with Crippen LogP contribution < -0.4 is 10.6 Å². The van der Waals surface area contributed by atoms with Gasteiger partial charge in [0, 0.05) is 29.5 Å². The number of halogens is 2. The second-order valence-corrected chi connectivity index (χ2v) is 8.81. The number of piperidine rings is 1. The maximum Gasteiger partial charge on any atom is 0.270 e. The number of anilines is 1. The number of aromatic nitrogens is 1.